The lowest BCUT2D eigenvalue weighted by Gasteiger charge is -2.28. The quantitative estimate of drug-likeness (QED) is 0.103. The van der Waals surface area contributed by atoms with E-state index in [1.165, 1.54) is 12.5 Å². The number of fused-ring (bicyclic) bond motifs is 1. The van der Waals surface area contributed by atoms with Gasteiger partial charge in [0, 0.05) is 24.3 Å². The highest BCUT2D eigenvalue weighted by Crippen LogP contribution is 2.52. The first-order chi connectivity index (χ1) is 21.6. The van der Waals surface area contributed by atoms with Crippen molar-refractivity contribution in [3.05, 3.63) is 125 Å². The molecule has 7 heteroatoms. The number of phenolic OH excluding ortho intramolecular Hbond substituents is 1. The Bertz CT molecular complexity index is 1520. The molecule has 0 amide bonds. The molecule has 1 N–H and O–H groups in total. The Morgan fingerprint density at radius 3 is 2.23 bits per heavy atom. The Morgan fingerprint density at radius 2 is 1.55 bits per heavy atom. The number of rotatable bonds is 12. The molecule has 226 valence electrons. The third kappa shape index (κ3) is 6.64. The number of hydrogen-bond donors (Lipinski definition) is 1. The molecule has 0 aliphatic carbocycles. The minimum absolute atomic E-state index is 0.0510. The van der Waals surface area contributed by atoms with E-state index >= 15 is 0 Å². The zero-order valence-corrected chi connectivity index (χ0v) is 24.5. The lowest BCUT2D eigenvalue weighted by molar-refractivity contribution is -0.162. The maximum atomic E-state index is 13.1. The van der Waals surface area contributed by atoms with Gasteiger partial charge in [0.1, 0.15) is 5.75 Å². The van der Waals surface area contributed by atoms with Crippen molar-refractivity contribution >= 4 is 11.9 Å². The standard InChI is InChI=1S/C37H36O7/c38-32(22-18-27-16-19-30(20-17-27)40-24-9-10-26-42-34-15-7-8-25-41-34)31-21-23-33-36(35(31)39)44-37(43-33,28-11-3-1-4-12-28)29-13-5-2-6-14-29/h1-6,11-14,16-23,34,39H,7-10,15,24-26H2/b22-18+. The van der Waals surface area contributed by atoms with Crippen LogP contribution in [0.5, 0.6) is 23.0 Å². The third-order valence-corrected chi connectivity index (χ3v) is 7.72. The first-order valence-corrected chi connectivity index (χ1v) is 15.2. The van der Waals surface area contributed by atoms with Gasteiger partial charge in [0.2, 0.25) is 5.75 Å². The normalized spacial score (nSPS) is 17.0. The van der Waals surface area contributed by atoms with Crippen LogP contribution < -0.4 is 14.2 Å². The first-order valence-electron chi connectivity index (χ1n) is 15.2. The summed E-state index contributed by atoms with van der Waals surface area (Å²) in [7, 11) is 0. The summed E-state index contributed by atoms with van der Waals surface area (Å²) < 4.78 is 29.9. The van der Waals surface area contributed by atoms with Crippen LogP contribution in [0.15, 0.2) is 103 Å². The molecule has 0 spiro atoms. The van der Waals surface area contributed by atoms with Crippen LogP contribution in [0.2, 0.25) is 0 Å². The molecule has 2 aliphatic heterocycles. The topological polar surface area (TPSA) is 83.5 Å². The van der Waals surface area contributed by atoms with Crippen molar-refractivity contribution in [2.45, 2.75) is 44.2 Å². The van der Waals surface area contributed by atoms with Gasteiger partial charge in [-0.25, -0.2) is 0 Å². The highest BCUT2D eigenvalue weighted by Gasteiger charge is 2.47. The second-order valence-electron chi connectivity index (χ2n) is 10.8. The Labute approximate surface area is 257 Å². The molecule has 4 aromatic carbocycles. The van der Waals surface area contributed by atoms with Gasteiger partial charge >= 0.3 is 5.79 Å². The number of unbranched alkanes of at least 4 members (excludes halogenated alkanes) is 1. The SMILES string of the molecule is O=C(/C=C/c1ccc(OCCCCOC2CCCCO2)cc1)c1ccc2c(c1O)OC(c1ccccc1)(c1ccccc1)O2. The van der Waals surface area contributed by atoms with Crippen LogP contribution in [-0.4, -0.2) is 37.0 Å². The van der Waals surface area contributed by atoms with Crippen LogP contribution >= 0.6 is 0 Å². The number of carbonyl (C=O) groups excluding carboxylic acids is 1. The van der Waals surface area contributed by atoms with Gasteiger partial charge in [-0.3, -0.25) is 4.79 Å². The predicted molar refractivity (Wildman–Crippen MR) is 167 cm³/mol. The molecule has 4 aromatic rings. The van der Waals surface area contributed by atoms with E-state index in [1.54, 1.807) is 18.2 Å². The molecule has 0 bridgehead atoms. The van der Waals surface area contributed by atoms with Gasteiger partial charge in [0.25, 0.3) is 0 Å². The van der Waals surface area contributed by atoms with Gasteiger partial charge in [-0.2, -0.15) is 0 Å². The van der Waals surface area contributed by atoms with Crippen molar-refractivity contribution in [1.29, 1.82) is 0 Å². The summed E-state index contributed by atoms with van der Waals surface area (Å²) >= 11 is 0. The summed E-state index contributed by atoms with van der Waals surface area (Å²) in [6, 6.07) is 29.8. The second-order valence-corrected chi connectivity index (χ2v) is 10.8. The fourth-order valence-corrected chi connectivity index (χ4v) is 5.36. The average molecular weight is 593 g/mol. The molecular formula is C37H36O7. The molecule has 1 atom stereocenters. The molecule has 0 aromatic heterocycles. The molecule has 2 aliphatic rings. The number of allylic oxidation sites excluding steroid dienone is 1. The van der Waals surface area contributed by atoms with Gasteiger partial charge in [-0.05, 0) is 68.0 Å². The van der Waals surface area contributed by atoms with Crippen LogP contribution in [0.25, 0.3) is 6.08 Å². The fourth-order valence-electron chi connectivity index (χ4n) is 5.36. The van der Waals surface area contributed by atoms with Crippen LogP contribution in [-0.2, 0) is 15.3 Å². The molecule has 1 unspecified atom stereocenters. The molecule has 6 rings (SSSR count). The number of phenols is 1. The smallest absolute Gasteiger partial charge is 0.305 e. The highest BCUT2D eigenvalue weighted by molar-refractivity contribution is 6.09. The molecular weight excluding hydrogens is 556 g/mol. The van der Waals surface area contributed by atoms with Crippen molar-refractivity contribution in [3.63, 3.8) is 0 Å². The molecule has 2 heterocycles. The predicted octanol–water partition coefficient (Wildman–Crippen LogP) is 7.66. The summed E-state index contributed by atoms with van der Waals surface area (Å²) in [6.07, 6.45) is 8.15. The number of ether oxygens (including phenoxy) is 5. The largest absolute Gasteiger partial charge is 0.504 e. The van der Waals surface area contributed by atoms with E-state index in [1.807, 2.05) is 84.9 Å². The summed E-state index contributed by atoms with van der Waals surface area (Å²) in [5, 5.41) is 11.2. The summed E-state index contributed by atoms with van der Waals surface area (Å²) in [4.78, 5) is 13.1. The van der Waals surface area contributed by atoms with Crippen molar-refractivity contribution in [1.82, 2.24) is 0 Å². The minimum Gasteiger partial charge on any atom is -0.504 e. The number of hydrogen-bond acceptors (Lipinski definition) is 7. The van der Waals surface area contributed by atoms with Gasteiger partial charge < -0.3 is 28.8 Å². The number of aromatic hydroxyl groups is 1. The number of benzene rings is 4. The molecule has 1 saturated heterocycles. The van der Waals surface area contributed by atoms with Crippen LogP contribution in [0.3, 0.4) is 0 Å². The summed E-state index contributed by atoms with van der Waals surface area (Å²) in [5.41, 5.74) is 2.49. The minimum atomic E-state index is -1.29. The Balaban J connectivity index is 1.06. The van der Waals surface area contributed by atoms with Crippen molar-refractivity contribution < 1.29 is 33.6 Å². The van der Waals surface area contributed by atoms with E-state index in [0.717, 1.165) is 54.7 Å². The van der Waals surface area contributed by atoms with E-state index in [2.05, 4.69) is 0 Å². The van der Waals surface area contributed by atoms with Crippen molar-refractivity contribution in [2.24, 2.45) is 0 Å². The Hall–Kier alpha value is -4.59. The van der Waals surface area contributed by atoms with Gasteiger partial charge in [0.15, 0.2) is 23.6 Å². The van der Waals surface area contributed by atoms with E-state index in [-0.39, 0.29) is 29.1 Å². The van der Waals surface area contributed by atoms with Crippen LogP contribution in [0.4, 0.5) is 0 Å². The number of carbonyl (C=O) groups is 1. The van der Waals surface area contributed by atoms with Gasteiger partial charge in [-0.15, -0.1) is 0 Å². The summed E-state index contributed by atoms with van der Waals surface area (Å²) in [5.74, 6) is -0.650. The lowest BCUT2D eigenvalue weighted by Crippen LogP contribution is -2.36. The average Bonchev–Trinajstić information content (AvgIpc) is 3.49. The Kier molecular flexibility index (Phi) is 9.25. The monoisotopic (exact) mass is 592 g/mol. The molecule has 0 radical (unpaired) electrons. The van der Waals surface area contributed by atoms with Crippen molar-refractivity contribution in [3.8, 4) is 23.0 Å². The first kappa shape index (κ1) is 29.5. The lowest BCUT2D eigenvalue weighted by atomic mass is 9.97. The van der Waals surface area contributed by atoms with Gasteiger partial charge in [-0.1, -0.05) is 78.9 Å². The zero-order valence-electron chi connectivity index (χ0n) is 24.5. The molecule has 44 heavy (non-hydrogen) atoms. The molecule has 7 nitrogen and oxygen atoms in total. The van der Waals surface area contributed by atoms with Crippen LogP contribution in [0, 0.1) is 0 Å². The maximum Gasteiger partial charge on any atom is 0.305 e. The van der Waals surface area contributed by atoms with Gasteiger partial charge in [0.05, 0.1) is 12.2 Å². The third-order valence-electron chi connectivity index (χ3n) is 7.72. The van der Waals surface area contributed by atoms with E-state index in [0.29, 0.717) is 19.0 Å². The molecule has 0 saturated carbocycles. The van der Waals surface area contributed by atoms with Crippen LogP contribution in [0.1, 0.15) is 59.2 Å². The summed E-state index contributed by atoms with van der Waals surface area (Å²) in [6.45, 7) is 2.06. The highest BCUT2D eigenvalue weighted by atomic mass is 16.7. The Morgan fingerprint density at radius 1 is 0.841 bits per heavy atom. The van der Waals surface area contributed by atoms with E-state index in [4.69, 9.17) is 23.7 Å². The van der Waals surface area contributed by atoms with E-state index < -0.39 is 5.79 Å². The van der Waals surface area contributed by atoms with E-state index in [9.17, 15) is 9.90 Å². The zero-order chi connectivity index (χ0) is 30.2. The second kappa shape index (κ2) is 13.8. The number of ketones is 1. The maximum absolute atomic E-state index is 13.1. The van der Waals surface area contributed by atoms with Crippen molar-refractivity contribution in [2.75, 3.05) is 19.8 Å². The molecule has 1 fully saturated rings. The fraction of sp³-hybridized carbons (Fsp3) is 0.270.